The van der Waals surface area contributed by atoms with Gasteiger partial charge in [-0.3, -0.25) is 0 Å². The molecule has 0 saturated heterocycles. The summed E-state index contributed by atoms with van der Waals surface area (Å²) in [7, 11) is -2.42. The molecule has 0 amide bonds. The van der Waals surface area contributed by atoms with Crippen LogP contribution in [-0.4, -0.2) is 8.07 Å². The number of hydrogen-bond acceptors (Lipinski definition) is 0. The molecule has 2 atom stereocenters. The second kappa shape index (κ2) is 7.37. The van der Waals surface area contributed by atoms with E-state index in [1.807, 2.05) is 0 Å². The van der Waals surface area contributed by atoms with E-state index >= 15 is 0 Å². The van der Waals surface area contributed by atoms with Crippen molar-refractivity contribution in [1.29, 1.82) is 0 Å². The molecule has 0 aliphatic heterocycles. The predicted octanol–water partition coefficient (Wildman–Crippen LogP) is 5.75. The second-order valence-corrected chi connectivity index (χ2v) is 12.4. The molecule has 0 fully saturated rings. The zero-order valence-electron chi connectivity index (χ0n) is 17.4. The summed E-state index contributed by atoms with van der Waals surface area (Å²) in [6.45, 7) is 0. The lowest BCUT2D eigenvalue weighted by Crippen LogP contribution is -2.64. The highest BCUT2D eigenvalue weighted by Crippen LogP contribution is 2.44. The highest BCUT2D eigenvalue weighted by Gasteiger charge is 2.50. The molecule has 0 N–H and O–H groups in total. The number of hydrogen-bond donors (Lipinski definition) is 0. The Labute approximate surface area is 185 Å². The quantitative estimate of drug-likeness (QED) is 0.479. The molecule has 0 spiro atoms. The van der Waals surface area contributed by atoms with E-state index in [4.69, 9.17) is 0 Å². The van der Waals surface area contributed by atoms with E-state index in [-0.39, 0.29) is 0 Å². The zero-order chi connectivity index (χ0) is 20.7. The van der Waals surface area contributed by atoms with Crippen LogP contribution in [0.4, 0.5) is 0 Å². The fourth-order valence-electron chi connectivity index (χ4n) is 5.68. The van der Waals surface area contributed by atoms with Crippen LogP contribution in [0.2, 0.25) is 0 Å². The van der Waals surface area contributed by atoms with Gasteiger partial charge in [0.25, 0.3) is 0 Å². The molecule has 0 bridgehead atoms. The van der Waals surface area contributed by atoms with Gasteiger partial charge >= 0.3 is 0 Å². The lowest BCUT2D eigenvalue weighted by atomic mass is 9.98. The van der Waals surface area contributed by atoms with Gasteiger partial charge in [0.15, 0.2) is 8.07 Å². The number of benzene rings is 3. The Hall–Kier alpha value is -3.42. The number of rotatable bonds is 4. The van der Waals surface area contributed by atoms with Gasteiger partial charge in [0, 0.05) is 11.5 Å². The topological polar surface area (TPSA) is 0 Å². The van der Waals surface area contributed by atoms with Crippen molar-refractivity contribution in [2.45, 2.75) is 5.54 Å². The van der Waals surface area contributed by atoms with E-state index in [0.717, 1.165) is 0 Å². The molecule has 31 heavy (non-hydrogen) atoms. The van der Waals surface area contributed by atoms with Crippen molar-refractivity contribution in [3.63, 3.8) is 0 Å². The molecule has 6 rings (SSSR count). The third-order valence-electron chi connectivity index (χ3n) is 6.99. The molecule has 0 aromatic heterocycles. The van der Waals surface area contributed by atoms with Gasteiger partial charge in [-0.2, -0.15) is 0 Å². The van der Waals surface area contributed by atoms with Crippen molar-refractivity contribution in [1.82, 2.24) is 0 Å². The van der Waals surface area contributed by atoms with Gasteiger partial charge in [-0.05, 0) is 32.3 Å². The fraction of sp³-hybridized carbons (Fsp3) is 0.0667. The average molecular weight is 413 g/mol. The maximum absolute atomic E-state index is 2.48. The van der Waals surface area contributed by atoms with E-state index in [0.29, 0.717) is 11.5 Å². The predicted molar refractivity (Wildman–Crippen MR) is 134 cm³/mol. The molecule has 148 valence electrons. The normalized spacial score (nSPS) is 20.9. The van der Waals surface area contributed by atoms with E-state index in [1.54, 1.807) is 5.20 Å². The second-order valence-electron chi connectivity index (χ2n) is 8.50. The minimum absolute atomic E-state index is 0.360. The third kappa shape index (κ3) is 2.74. The van der Waals surface area contributed by atoms with Crippen LogP contribution in [0.15, 0.2) is 138 Å². The Kier molecular flexibility index (Phi) is 4.36. The van der Waals surface area contributed by atoms with Crippen molar-refractivity contribution in [3.8, 4) is 0 Å². The smallest absolute Gasteiger partial charge is 0.0781 e. The molecular weight excluding hydrogens is 388 g/mol. The van der Waals surface area contributed by atoms with Gasteiger partial charge in [0.1, 0.15) is 0 Å². The molecule has 2 unspecified atom stereocenters. The molecule has 3 aromatic rings. The van der Waals surface area contributed by atoms with Crippen LogP contribution in [0, 0.1) is 5.92 Å². The van der Waals surface area contributed by atoms with Crippen LogP contribution in [0.5, 0.6) is 0 Å². The van der Waals surface area contributed by atoms with E-state index in [9.17, 15) is 0 Å². The maximum Gasteiger partial charge on any atom is 0.159 e. The highest BCUT2D eigenvalue weighted by atomic mass is 28.3. The van der Waals surface area contributed by atoms with Crippen LogP contribution in [0.3, 0.4) is 0 Å². The van der Waals surface area contributed by atoms with Crippen LogP contribution in [0.1, 0.15) is 16.7 Å². The SMILES string of the molecule is C1=CC2=C([Si](c3ccccc3)(c3ccccc3)C3C=Cc4ccccc43)C=CC2C=C1. The fourth-order valence-corrected chi connectivity index (χ4v) is 11.3. The summed E-state index contributed by atoms with van der Waals surface area (Å²) in [6, 6.07) is 31.5. The molecular formula is C30H24Si. The summed E-state index contributed by atoms with van der Waals surface area (Å²) < 4.78 is 0. The Morgan fingerprint density at radius 1 is 0.548 bits per heavy atom. The minimum Gasteiger partial charge on any atom is -0.0781 e. The summed E-state index contributed by atoms with van der Waals surface area (Å²) in [6.07, 6.45) is 18.7. The summed E-state index contributed by atoms with van der Waals surface area (Å²) >= 11 is 0. The summed E-state index contributed by atoms with van der Waals surface area (Å²) in [4.78, 5) is 0. The molecule has 0 nitrogen and oxygen atoms in total. The van der Waals surface area contributed by atoms with E-state index in [1.165, 1.54) is 27.1 Å². The number of allylic oxidation sites excluding steroid dienone is 9. The van der Waals surface area contributed by atoms with Crippen LogP contribution >= 0.6 is 0 Å². The van der Waals surface area contributed by atoms with Crippen molar-refractivity contribution < 1.29 is 0 Å². The standard InChI is InChI=1S/C30H24Si/c1-3-13-25(14-4-1)31(26-15-5-2-6-16-26,29-21-19-23-11-7-9-17-27(23)29)30-22-20-24-12-8-10-18-28(24)30/h1-23,30H. The van der Waals surface area contributed by atoms with Gasteiger partial charge in [-0.1, -0.05) is 134 Å². The Balaban J connectivity index is 1.73. The van der Waals surface area contributed by atoms with E-state index in [2.05, 4.69) is 134 Å². The van der Waals surface area contributed by atoms with Crippen molar-refractivity contribution in [2.24, 2.45) is 5.92 Å². The Morgan fingerprint density at radius 2 is 1.23 bits per heavy atom. The molecule has 0 radical (unpaired) electrons. The van der Waals surface area contributed by atoms with Crippen molar-refractivity contribution in [2.75, 3.05) is 0 Å². The first-order valence-electron chi connectivity index (χ1n) is 11.0. The first kappa shape index (κ1) is 18.4. The summed E-state index contributed by atoms with van der Waals surface area (Å²) in [5, 5.41) is 4.49. The lowest BCUT2D eigenvalue weighted by molar-refractivity contribution is 1.01. The van der Waals surface area contributed by atoms with Gasteiger partial charge in [0.05, 0.1) is 0 Å². The molecule has 3 aliphatic carbocycles. The van der Waals surface area contributed by atoms with Crippen LogP contribution < -0.4 is 10.4 Å². The number of fused-ring (bicyclic) bond motifs is 2. The van der Waals surface area contributed by atoms with E-state index < -0.39 is 8.07 Å². The zero-order valence-corrected chi connectivity index (χ0v) is 18.4. The summed E-state index contributed by atoms with van der Waals surface area (Å²) in [5.74, 6) is 0.389. The molecule has 3 aliphatic rings. The Bertz CT molecular complexity index is 1230. The van der Waals surface area contributed by atoms with Crippen molar-refractivity contribution in [3.05, 3.63) is 149 Å². The average Bonchev–Trinajstić information content (AvgIpc) is 3.47. The first-order valence-corrected chi connectivity index (χ1v) is 13.1. The molecule has 0 saturated carbocycles. The largest absolute Gasteiger partial charge is 0.159 e. The molecule has 3 aromatic carbocycles. The van der Waals surface area contributed by atoms with Gasteiger partial charge < -0.3 is 0 Å². The minimum atomic E-state index is -2.42. The summed E-state index contributed by atoms with van der Waals surface area (Å²) in [5.41, 5.74) is 4.65. The van der Waals surface area contributed by atoms with Gasteiger partial charge in [-0.25, -0.2) is 0 Å². The van der Waals surface area contributed by atoms with Crippen LogP contribution in [0.25, 0.3) is 6.08 Å². The molecule has 1 heteroatoms. The van der Waals surface area contributed by atoms with Crippen molar-refractivity contribution >= 4 is 24.5 Å². The van der Waals surface area contributed by atoms with Gasteiger partial charge in [0.2, 0.25) is 0 Å². The monoisotopic (exact) mass is 412 g/mol. The molecule has 0 heterocycles. The lowest BCUT2D eigenvalue weighted by Gasteiger charge is -2.40. The Morgan fingerprint density at radius 3 is 1.97 bits per heavy atom. The highest BCUT2D eigenvalue weighted by molar-refractivity contribution is 7.09. The third-order valence-corrected chi connectivity index (χ3v) is 12.2. The van der Waals surface area contributed by atoms with Crippen LogP contribution in [-0.2, 0) is 0 Å². The first-order chi connectivity index (χ1) is 15.4. The van der Waals surface area contributed by atoms with Gasteiger partial charge in [-0.15, -0.1) is 0 Å². The maximum atomic E-state index is 2.48.